The second kappa shape index (κ2) is 9.83. The van der Waals surface area contributed by atoms with Crippen LogP contribution in [-0.4, -0.2) is 21.7 Å². The molecular formula is C24H19F3N4OS2. The van der Waals surface area contributed by atoms with Gasteiger partial charge in [0, 0.05) is 53.2 Å². The van der Waals surface area contributed by atoms with Gasteiger partial charge in [0.25, 0.3) is 0 Å². The highest BCUT2D eigenvalue weighted by atomic mass is 32.2. The van der Waals surface area contributed by atoms with Gasteiger partial charge >= 0.3 is 0 Å². The number of fused-ring (bicyclic) bond motifs is 1. The highest BCUT2D eigenvalue weighted by Gasteiger charge is 2.29. The molecule has 2 heterocycles. The maximum absolute atomic E-state index is 14.4. The van der Waals surface area contributed by atoms with E-state index in [0.717, 1.165) is 23.6 Å². The SMILES string of the molecule is C=C1c2cc(C#N)n(SF)c2C(c2cc(NSCC)ccc2Oc2ccc(F)cc2F)=CN1C. The Kier molecular flexibility index (Phi) is 6.86. The van der Waals surface area contributed by atoms with E-state index in [-0.39, 0.29) is 29.5 Å². The van der Waals surface area contributed by atoms with Gasteiger partial charge in [0.05, 0.1) is 5.69 Å². The predicted octanol–water partition coefficient (Wildman–Crippen LogP) is 7.20. The molecule has 0 fully saturated rings. The quantitative estimate of drug-likeness (QED) is 0.346. The number of rotatable bonds is 7. The molecule has 3 aromatic rings. The van der Waals surface area contributed by atoms with Crippen LogP contribution in [0.5, 0.6) is 11.5 Å². The van der Waals surface area contributed by atoms with E-state index in [4.69, 9.17) is 4.74 Å². The molecule has 1 N–H and O–H groups in total. The van der Waals surface area contributed by atoms with E-state index in [1.807, 2.05) is 13.0 Å². The van der Waals surface area contributed by atoms with Crippen molar-refractivity contribution in [2.45, 2.75) is 6.92 Å². The van der Waals surface area contributed by atoms with Crippen molar-refractivity contribution in [1.29, 1.82) is 5.26 Å². The van der Waals surface area contributed by atoms with Crippen molar-refractivity contribution in [2.24, 2.45) is 0 Å². The fraction of sp³-hybridized carbons (Fsp3) is 0.125. The third-order valence-electron chi connectivity index (χ3n) is 5.17. The summed E-state index contributed by atoms with van der Waals surface area (Å²) in [7, 11) is 1.78. The third-order valence-corrected chi connectivity index (χ3v) is 6.36. The molecule has 0 atom stereocenters. The molecule has 10 heteroatoms. The highest BCUT2D eigenvalue weighted by molar-refractivity contribution is 8.00. The molecule has 4 rings (SSSR count). The van der Waals surface area contributed by atoms with Gasteiger partial charge in [0.1, 0.15) is 23.3 Å². The molecule has 0 saturated heterocycles. The number of anilines is 1. The van der Waals surface area contributed by atoms with Gasteiger partial charge in [-0.3, -0.25) is 0 Å². The topological polar surface area (TPSA) is 53.2 Å². The van der Waals surface area contributed by atoms with Crippen molar-refractivity contribution in [3.05, 3.63) is 89.4 Å². The molecule has 0 bridgehead atoms. The predicted molar refractivity (Wildman–Crippen MR) is 132 cm³/mol. The second-order valence-electron chi connectivity index (χ2n) is 7.29. The minimum atomic E-state index is -0.854. The minimum absolute atomic E-state index is 0.0936. The average Bonchev–Trinajstić information content (AvgIpc) is 3.21. The molecule has 1 aromatic heterocycles. The van der Waals surface area contributed by atoms with Crippen LogP contribution in [0.3, 0.4) is 0 Å². The Morgan fingerprint density at radius 3 is 2.56 bits per heavy atom. The van der Waals surface area contributed by atoms with Crippen LogP contribution in [0.1, 0.15) is 29.4 Å². The summed E-state index contributed by atoms with van der Waals surface area (Å²) >= 11 is 1.39. The van der Waals surface area contributed by atoms with E-state index < -0.39 is 11.6 Å². The lowest BCUT2D eigenvalue weighted by Gasteiger charge is -2.27. The summed E-state index contributed by atoms with van der Waals surface area (Å²) < 4.78 is 52.0. The first-order valence-electron chi connectivity index (χ1n) is 10.1. The van der Waals surface area contributed by atoms with E-state index >= 15 is 0 Å². The van der Waals surface area contributed by atoms with Crippen LogP contribution in [0.2, 0.25) is 0 Å². The van der Waals surface area contributed by atoms with E-state index in [2.05, 4.69) is 11.3 Å². The minimum Gasteiger partial charge on any atom is -0.454 e. The zero-order valence-corrected chi connectivity index (χ0v) is 19.9. The molecule has 1 aliphatic heterocycles. The number of nitrogens with one attached hydrogen (secondary N) is 1. The molecule has 2 aromatic carbocycles. The number of benzene rings is 2. The summed E-state index contributed by atoms with van der Waals surface area (Å²) in [6.45, 7) is 6.05. The fourth-order valence-electron chi connectivity index (χ4n) is 3.56. The largest absolute Gasteiger partial charge is 0.454 e. The van der Waals surface area contributed by atoms with Crippen LogP contribution in [0.15, 0.2) is 55.2 Å². The first-order chi connectivity index (χ1) is 16.4. The number of aromatic nitrogens is 1. The molecule has 0 amide bonds. The molecule has 0 spiro atoms. The summed E-state index contributed by atoms with van der Waals surface area (Å²) in [4.78, 5) is 1.76. The Hall–Kier alpha value is -3.42. The van der Waals surface area contributed by atoms with Gasteiger partial charge in [-0.1, -0.05) is 25.5 Å². The maximum atomic E-state index is 14.4. The van der Waals surface area contributed by atoms with Gasteiger partial charge in [0.15, 0.2) is 23.9 Å². The molecule has 0 radical (unpaired) electrons. The van der Waals surface area contributed by atoms with Crippen LogP contribution in [0.4, 0.5) is 18.4 Å². The number of nitrogens with zero attached hydrogens (tertiary/aromatic N) is 3. The Labute approximate surface area is 204 Å². The summed E-state index contributed by atoms with van der Waals surface area (Å²) in [6.07, 6.45) is 1.75. The smallest absolute Gasteiger partial charge is 0.171 e. The summed E-state index contributed by atoms with van der Waals surface area (Å²) in [5, 5.41) is 9.53. The van der Waals surface area contributed by atoms with Crippen molar-refractivity contribution in [2.75, 3.05) is 17.5 Å². The lowest BCUT2D eigenvalue weighted by atomic mass is 9.95. The Balaban J connectivity index is 1.91. The van der Waals surface area contributed by atoms with Crippen molar-refractivity contribution in [3.8, 4) is 17.6 Å². The Morgan fingerprint density at radius 2 is 1.88 bits per heavy atom. The van der Waals surface area contributed by atoms with Gasteiger partial charge in [-0.15, -0.1) is 3.89 Å². The van der Waals surface area contributed by atoms with Gasteiger partial charge < -0.3 is 14.4 Å². The molecule has 5 nitrogen and oxygen atoms in total. The van der Waals surface area contributed by atoms with Crippen molar-refractivity contribution in [1.82, 2.24) is 8.87 Å². The van der Waals surface area contributed by atoms with Gasteiger partial charge in [0.2, 0.25) is 0 Å². The molecule has 0 saturated carbocycles. The first kappa shape index (κ1) is 23.7. The zero-order valence-electron chi connectivity index (χ0n) is 18.2. The fourth-order valence-corrected chi connectivity index (χ4v) is 4.43. The number of nitriles is 1. The zero-order chi connectivity index (χ0) is 24.4. The normalized spacial score (nSPS) is 12.8. The Bertz CT molecular complexity index is 1350. The first-order valence-corrected chi connectivity index (χ1v) is 11.8. The molecular weight excluding hydrogens is 481 g/mol. The van der Waals surface area contributed by atoms with Crippen molar-refractivity contribution < 1.29 is 17.4 Å². The number of halogens is 3. The molecule has 0 aliphatic carbocycles. The van der Waals surface area contributed by atoms with Gasteiger partial charge in [-0.25, -0.2) is 12.8 Å². The average molecular weight is 501 g/mol. The van der Waals surface area contributed by atoms with E-state index in [1.54, 1.807) is 42.4 Å². The number of hydrogen-bond acceptors (Lipinski definition) is 6. The van der Waals surface area contributed by atoms with Crippen LogP contribution in [0, 0.1) is 23.0 Å². The lowest BCUT2D eigenvalue weighted by molar-refractivity contribution is 0.436. The van der Waals surface area contributed by atoms with Crippen molar-refractivity contribution in [3.63, 3.8) is 0 Å². The highest BCUT2D eigenvalue weighted by Crippen LogP contribution is 2.44. The number of hydrogen-bond donors (Lipinski definition) is 1. The third kappa shape index (κ3) is 4.36. The number of ether oxygens (including phenoxy) is 1. The van der Waals surface area contributed by atoms with Crippen LogP contribution >= 0.6 is 24.3 Å². The lowest BCUT2D eigenvalue weighted by Crippen LogP contribution is -2.16. The van der Waals surface area contributed by atoms with Gasteiger partial charge in [-0.05, 0) is 36.4 Å². The molecule has 1 aliphatic rings. The van der Waals surface area contributed by atoms with E-state index in [1.165, 1.54) is 22.0 Å². The van der Waals surface area contributed by atoms with Crippen molar-refractivity contribution >= 4 is 41.2 Å². The van der Waals surface area contributed by atoms with Crippen LogP contribution in [0.25, 0.3) is 11.3 Å². The summed E-state index contributed by atoms with van der Waals surface area (Å²) in [5.74, 6) is -0.647. The molecule has 0 unspecified atom stereocenters. The van der Waals surface area contributed by atoms with Crippen LogP contribution in [-0.2, 0) is 0 Å². The van der Waals surface area contributed by atoms with Crippen LogP contribution < -0.4 is 9.46 Å². The standard InChI is InChI=1S/C24H19F3N4OS2/c1-4-33-29-16-6-8-22(32-23-7-5-15(25)9-21(23)26)19(10-16)20-13-30(3)14(2)18-11-17(12-28)31(34-27)24(18)20/h5-11,13,29H,2,4H2,1,3H3. The van der Waals surface area contributed by atoms with E-state index in [0.29, 0.717) is 28.1 Å². The van der Waals surface area contributed by atoms with Gasteiger partial charge in [-0.2, -0.15) is 5.26 Å². The van der Waals surface area contributed by atoms with E-state index in [9.17, 15) is 17.9 Å². The monoisotopic (exact) mass is 500 g/mol. The Morgan fingerprint density at radius 1 is 1.12 bits per heavy atom. The maximum Gasteiger partial charge on any atom is 0.171 e. The second-order valence-corrected chi connectivity index (χ2v) is 8.86. The summed E-state index contributed by atoms with van der Waals surface area (Å²) in [5.41, 5.74) is 3.52. The molecule has 34 heavy (non-hydrogen) atoms. The summed E-state index contributed by atoms with van der Waals surface area (Å²) in [6, 6.07) is 11.8. The molecule has 174 valence electrons.